The number of hydrogen-bond donors (Lipinski definition) is 3. The van der Waals surface area contributed by atoms with Gasteiger partial charge in [0.15, 0.2) is 0 Å². The van der Waals surface area contributed by atoms with Crippen LogP contribution in [0.15, 0.2) is 35.1 Å². The van der Waals surface area contributed by atoms with Crippen LogP contribution < -0.4 is 20.9 Å². The third-order valence-corrected chi connectivity index (χ3v) is 10.5. The van der Waals surface area contributed by atoms with E-state index in [1.54, 1.807) is 17.8 Å². The summed E-state index contributed by atoms with van der Waals surface area (Å²) in [6.45, 7) is 4.58. The van der Waals surface area contributed by atoms with E-state index in [1.165, 1.54) is 18.2 Å². The molecule has 3 heterocycles. The summed E-state index contributed by atoms with van der Waals surface area (Å²) in [5.41, 5.74) is 5.74. The number of amides is 1. The lowest BCUT2D eigenvalue weighted by Crippen LogP contribution is -2.51. The number of ether oxygens (including phenoxy) is 2. The fourth-order valence-corrected chi connectivity index (χ4v) is 7.64. The molecule has 0 bridgehead atoms. The molecule has 2 saturated heterocycles. The Hall–Kier alpha value is -3.42. The number of piperidine rings is 1. The summed E-state index contributed by atoms with van der Waals surface area (Å²) in [5, 5.41) is 10.1. The highest BCUT2D eigenvalue weighted by Gasteiger charge is 2.39. The van der Waals surface area contributed by atoms with Gasteiger partial charge < -0.3 is 30.2 Å². The molecule has 1 amide bonds. The first-order valence-corrected chi connectivity index (χ1v) is 16.6. The minimum absolute atomic E-state index is 0.0415. The van der Waals surface area contributed by atoms with Crippen molar-refractivity contribution in [2.24, 2.45) is 11.8 Å². The third kappa shape index (κ3) is 7.53. The lowest BCUT2D eigenvalue weighted by atomic mass is 9.78. The van der Waals surface area contributed by atoms with Gasteiger partial charge in [-0.25, -0.2) is 18.6 Å². The highest BCUT2D eigenvalue weighted by atomic mass is 32.2. The largest absolute Gasteiger partial charge is 0.493 e. The number of benzene rings is 2. The predicted molar refractivity (Wildman–Crippen MR) is 170 cm³/mol. The zero-order valence-corrected chi connectivity index (χ0v) is 25.9. The van der Waals surface area contributed by atoms with Crippen molar-refractivity contribution in [3.63, 3.8) is 0 Å². The van der Waals surface area contributed by atoms with E-state index in [-0.39, 0.29) is 22.8 Å². The first-order chi connectivity index (χ1) is 21.7. The quantitative estimate of drug-likeness (QED) is 0.253. The van der Waals surface area contributed by atoms with Crippen LogP contribution in [0.2, 0.25) is 0 Å². The van der Waals surface area contributed by atoms with Gasteiger partial charge in [0.2, 0.25) is 0 Å². The molecule has 1 aliphatic carbocycles. The highest BCUT2D eigenvalue weighted by molar-refractivity contribution is 7.99. The topological polar surface area (TPSA) is 134 Å². The van der Waals surface area contributed by atoms with Gasteiger partial charge in [-0.15, -0.1) is 0 Å². The van der Waals surface area contributed by atoms with E-state index in [1.807, 2.05) is 0 Å². The Balaban J connectivity index is 0.972. The SMILES string of the molecule is Nc1ccc(N(C(=O)O)C2CC(CN3CCC(COc4cc(F)c5c(=O)[nH]c(CSC6CCOCC6)nc5c4)CC3)C2)c(F)c1. The number of aromatic amines is 1. The number of nitrogens with two attached hydrogens (primary N) is 1. The van der Waals surface area contributed by atoms with Crippen LogP contribution in [0.1, 0.15) is 44.3 Å². The first kappa shape index (κ1) is 31.6. The Morgan fingerprint density at radius 2 is 1.87 bits per heavy atom. The van der Waals surface area contributed by atoms with Gasteiger partial charge in [0.25, 0.3) is 5.56 Å². The van der Waals surface area contributed by atoms with E-state index >= 15 is 0 Å². The van der Waals surface area contributed by atoms with Crippen LogP contribution in [0.3, 0.4) is 0 Å². The standard InChI is InChI=1S/C32H39F2N5O5S/c33-25-13-21(35)1-2-28(25)39(32(41)42)22-11-20(12-22)16-38-7-3-19(4-8-38)17-44-23-14-26(34)30-27(15-23)36-29(37-31(30)40)18-45-24-5-9-43-10-6-24/h1-2,13-15,19-20,22,24H,3-12,16-18,35H2,(H,41,42)(H,36,37,40). The number of aromatic nitrogens is 2. The molecule has 0 atom stereocenters. The first-order valence-electron chi connectivity index (χ1n) is 15.6. The number of likely N-dealkylation sites (tertiary alicyclic amines) is 1. The second kappa shape index (κ2) is 13.9. The molecule has 1 aromatic heterocycles. The third-order valence-electron chi connectivity index (χ3n) is 9.13. The number of nitrogens with one attached hydrogen (secondary N) is 1. The summed E-state index contributed by atoms with van der Waals surface area (Å²) in [4.78, 5) is 35.3. The van der Waals surface area contributed by atoms with E-state index in [0.717, 1.165) is 69.5 Å². The maximum absolute atomic E-state index is 14.9. The van der Waals surface area contributed by atoms with Gasteiger partial charge in [-0.05, 0) is 81.6 Å². The number of halogens is 2. The summed E-state index contributed by atoms with van der Waals surface area (Å²) in [6.07, 6.45) is 3.98. The Bertz CT molecular complexity index is 1570. The Labute approximate surface area is 264 Å². The maximum Gasteiger partial charge on any atom is 0.412 e. The van der Waals surface area contributed by atoms with Crippen molar-refractivity contribution in [2.75, 3.05) is 50.1 Å². The van der Waals surface area contributed by atoms with Crippen LogP contribution >= 0.6 is 11.8 Å². The van der Waals surface area contributed by atoms with Crippen LogP contribution in [0.5, 0.6) is 5.75 Å². The Kier molecular flexibility index (Phi) is 9.76. The zero-order chi connectivity index (χ0) is 31.5. The van der Waals surface area contributed by atoms with Crippen molar-refractivity contribution >= 4 is 40.1 Å². The van der Waals surface area contributed by atoms with E-state index in [4.69, 9.17) is 15.2 Å². The van der Waals surface area contributed by atoms with Gasteiger partial charge in [0, 0.05) is 48.9 Å². The molecule has 2 aliphatic heterocycles. The van der Waals surface area contributed by atoms with E-state index in [0.29, 0.717) is 59.4 Å². The molecule has 1 saturated carbocycles. The molecule has 10 nitrogen and oxygen atoms in total. The Morgan fingerprint density at radius 1 is 1.11 bits per heavy atom. The lowest BCUT2D eigenvalue weighted by Gasteiger charge is -2.44. The molecule has 3 fully saturated rings. The van der Waals surface area contributed by atoms with Crippen molar-refractivity contribution in [1.29, 1.82) is 0 Å². The summed E-state index contributed by atoms with van der Waals surface area (Å²) in [6, 6.07) is 6.73. The number of hydrogen-bond acceptors (Lipinski definition) is 8. The van der Waals surface area contributed by atoms with Gasteiger partial charge in [0.1, 0.15) is 28.6 Å². The van der Waals surface area contributed by atoms with Crippen molar-refractivity contribution in [3.8, 4) is 5.75 Å². The van der Waals surface area contributed by atoms with Crippen LogP contribution in [-0.4, -0.2) is 76.8 Å². The van der Waals surface area contributed by atoms with Gasteiger partial charge in [0.05, 0.1) is 23.6 Å². The summed E-state index contributed by atoms with van der Waals surface area (Å²) in [5.74, 6) is 0.812. The van der Waals surface area contributed by atoms with Gasteiger partial charge in [-0.1, -0.05) is 0 Å². The minimum atomic E-state index is -1.16. The second-order valence-corrected chi connectivity index (χ2v) is 13.6. The van der Waals surface area contributed by atoms with Gasteiger partial charge >= 0.3 is 6.09 Å². The molecule has 45 heavy (non-hydrogen) atoms. The van der Waals surface area contributed by atoms with Crippen molar-refractivity contribution < 1.29 is 28.2 Å². The molecular weight excluding hydrogens is 604 g/mol. The molecule has 2 aromatic carbocycles. The number of nitrogen functional groups attached to an aromatic ring is 1. The van der Waals surface area contributed by atoms with Crippen molar-refractivity contribution in [1.82, 2.24) is 14.9 Å². The zero-order valence-electron chi connectivity index (χ0n) is 25.1. The summed E-state index contributed by atoms with van der Waals surface area (Å²) >= 11 is 1.73. The van der Waals surface area contributed by atoms with Gasteiger partial charge in [-0.3, -0.25) is 9.69 Å². The molecule has 4 N–H and O–H groups in total. The Morgan fingerprint density at radius 3 is 2.58 bits per heavy atom. The van der Waals surface area contributed by atoms with E-state index in [9.17, 15) is 23.5 Å². The number of nitrogens with zero attached hydrogens (tertiary/aromatic N) is 3. The van der Waals surface area contributed by atoms with Crippen molar-refractivity contribution in [3.05, 3.63) is 58.1 Å². The monoisotopic (exact) mass is 643 g/mol. The number of carbonyl (C=O) groups is 1. The molecule has 3 aromatic rings. The van der Waals surface area contributed by atoms with Crippen LogP contribution in [0, 0.1) is 23.5 Å². The van der Waals surface area contributed by atoms with Crippen LogP contribution in [0.25, 0.3) is 10.9 Å². The normalized spacial score (nSPS) is 21.5. The van der Waals surface area contributed by atoms with Crippen LogP contribution in [0.4, 0.5) is 25.0 Å². The molecule has 0 spiro atoms. The molecule has 3 aliphatic rings. The average Bonchev–Trinajstić information content (AvgIpc) is 2.99. The minimum Gasteiger partial charge on any atom is -0.493 e. The molecule has 0 radical (unpaired) electrons. The predicted octanol–water partition coefficient (Wildman–Crippen LogP) is 5.25. The summed E-state index contributed by atoms with van der Waals surface area (Å²) < 4.78 is 40.8. The molecule has 0 unspecified atom stereocenters. The number of H-pyrrole nitrogens is 1. The van der Waals surface area contributed by atoms with E-state index < -0.39 is 23.3 Å². The molecule has 6 rings (SSSR count). The average molecular weight is 644 g/mol. The van der Waals surface area contributed by atoms with Gasteiger partial charge in [-0.2, -0.15) is 11.8 Å². The number of rotatable bonds is 10. The fraction of sp³-hybridized carbons (Fsp3) is 0.531. The van der Waals surface area contributed by atoms with Crippen molar-refractivity contribution in [2.45, 2.75) is 55.6 Å². The maximum atomic E-state index is 14.9. The molecular formula is C32H39F2N5O5S. The van der Waals surface area contributed by atoms with E-state index in [2.05, 4.69) is 14.9 Å². The number of thioether (sulfide) groups is 1. The number of carboxylic acid groups (broad SMARTS) is 1. The highest BCUT2D eigenvalue weighted by Crippen LogP contribution is 2.37. The van der Waals surface area contributed by atoms with Crippen LogP contribution in [-0.2, 0) is 10.5 Å². The summed E-state index contributed by atoms with van der Waals surface area (Å²) in [7, 11) is 0. The molecule has 242 valence electrons. The smallest absolute Gasteiger partial charge is 0.412 e. The lowest BCUT2D eigenvalue weighted by molar-refractivity contribution is 0.1000. The number of fused-ring (bicyclic) bond motifs is 1. The second-order valence-electron chi connectivity index (χ2n) is 12.3. The molecule has 13 heteroatoms. The number of anilines is 2. The fourth-order valence-electron chi connectivity index (χ4n) is 6.59.